The van der Waals surface area contributed by atoms with Gasteiger partial charge in [-0.25, -0.2) is 4.68 Å². The van der Waals surface area contributed by atoms with Crippen LogP contribution in [0.2, 0.25) is 0 Å². The average Bonchev–Trinajstić information content (AvgIpc) is 3.06. The number of rotatable bonds is 3. The van der Waals surface area contributed by atoms with Gasteiger partial charge in [-0.15, -0.1) is 5.10 Å². The number of aromatic nitrogens is 5. The molecule has 1 fully saturated rings. The van der Waals surface area contributed by atoms with Gasteiger partial charge in [0.2, 0.25) is 5.89 Å². The molecule has 1 N–H and O–H groups in total. The van der Waals surface area contributed by atoms with Crippen molar-refractivity contribution in [1.82, 2.24) is 35.4 Å². The average molecular weight is 327 g/mol. The molecule has 9 heteroatoms. The van der Waals surface area contributed by atoms with Crippen LogP contribution < -0.4 is 10.9 Å². The Morgan fingerprint density at radius 1 is 1.38 bits per heavy atom. The molecule has 3 aromatic rings. The molecule has 1 aromatic carbocycles. The second kappa shape index (κ2) is 6.10. The number of nitrogens with zero attached hydrogens (tertiary/aromatic N) is 6. The number of benzene rings is 1. The van der Waals surface area contributed by atoms with Gasteiger partial charge in [0, 0.05) is 19.6 Å². The molecule has 9 nitrogen and oxygen atoms in total. The summed E-state index contributed by atoms with van der Waals surface area (Å²) in [6.07, 6.45) is 0. The fourth-order valence-electron chi connectivity index (χ4n) is 2.82. The van der Waals surface area contributed by atoms with Crippen molar-refractivity contribution in [3.63, 3.8) is 0 Å². The Morgan fingerprint density at radius 2 is 2.25 bits per heavy atom. The molecule has 3 heterocycles. The third-order valence-electron chi connectivity index (χ3n) is 4.21. The van der Waals surface area contributed by atoms with Gasteiger partial charge in [0.25, 0.3) is 5.56 Å². The van der Waals surface area contributed by atoms with E-state index in [0.717, 1.165) is 19.6 Å². The molecule has 4 rings (SSSR count). The van der Waals surface area contributed by atoms with Crippen molar-refractivity contribution < 1.29 is 4.52 Å². The predicted octanol–water partition coefficient (Wildman–Crippen LogP) is -0.201. The first kappa shape index (κ1) is 14.9. The summed E-state index contributed by atoms with van der Waals surface area (Å²) in [6.45, 7) is 2.74. The maximum Gasteiger partial charge on any atom is 0.278 e. The van der Waals surface area contributed by atoms with Gasteiger partial charge in [0.15, 0.2) is 5.82 Å². The molecular weight excluding hydrogens is 310 g/mol. The summed E-state index contributed by atoms with van der Waals surface area (Å²) in [6, 6.07) is 7.16. The quantitative estimate of drug-likeness (QED) is 0.705. The third-order valence-corrected chi connectivity index (χ3v) is 4.21. The van der Waals surface area contributed by atoms with Crippen LogP contribution in [0.3, 0.4) is 0 Å². The van der Waals surface area contributed by atoms with Crippen molar-refractivity contribution in [1.29, 1.82) is 0 Å². The van der Waals surface area contributed by atoms with E-state index in [0.29, 0.717) is 22.6 Å². The van der Waals surface area contributed by atoms with Gasteiger partial charge in [0.05, 0.1) is 11.4 Å². The first-order chi connectivity index (χ1) is 11.7. The summed E-state index contributed by atoms with van der Waals surface area (Å²) in [5, 5.41) is 15.9. The van der Waals surface area contributed by atoms with Crippen molar-refractivity contribution in [2.45, 2.75) is 12.6 Å². The topological polar surface area (TPSA) is 102 Å². The van der Waals surface area contributed by atoms with E-state index in [2.05, 4.69) is 30.7 Å². The van der Waals surface area contributed by atoms with Crippen molar-refractivity contribution in [3.8, 4) is 0 Å². The fraction of sp³-hybridized carbons (Fsp3) is 0.400. The lowest BCUT2D eigenvalue weighted by molar-refractivity contribution is 0.190. The molecule has 0 spiro atoms. The minimum absolute atomic E-state index is 0.0654. The van der Waals surface area contributed by atoms with Crippen LogP contribution in [0.4, 0.5) is 0 Å². The lowest BCUT2D eigenvalue weighted by Crippen LogP contribution is -2.44. The van der Waals surface area contributed by atoms with Crippen molar-refractivity contribution in [3.05, 3.63) is 46.3 Å². The number of hydrogen-bond donors (Lipinski definition) is 1. The lowest BCUT2D eigenvalue weighted by Gasteiger charge is -2.30. The highest BCUT2D eigenvalue weighted by Gasteiger charge is 2.25. The van der Waals surface area contributed by atoms with Crippen LogP contribution in [0.25, 0.3) is 10.9 Å². The predicted molar refractivity (Wildman–Crippen MR) is 85.4 cm³/mol. The maximum absolute atomic E-state index is 12.4. The number of likely N-dealkylation sites (N-methyl/N-ethyl adjacent to an activating group) is 1. The van der Waals surface area contributed by atoms with Gasteiger partial charge in [-0.1, -0.05) is 22.5 Å². The molecule has 2 aromatic heterocycles. The van der Waals surface area contributed by atoms with Crippen LogP contribution in [0, 0.1) is 0 Å². The third kappa shape index (κ3) is 2.68. The summed E-state index contributed by atoms with van der Waals surface area (Å²) in [5.41, 5.74) is 0.344. The molecule has 0 aliphatic carbocycles. The Morgan fingerprint density at radius 3 is 3.12 bits per heavy atom. The highest BCUT2D eigenvalue weighted by molar-refractivity contribution is 5.76. The Bertz CT molecular complexity index is 919. The smallest absolute Gasteiger partial charge is 0.278 e. The lowest BCUT2D eigenvalue weighted by atomic mass is 10.2. The molecule has 0 radical (unpaired) electrons. The summed E-state index contributed by atoms with van der Waals surface area (Å²) in [5.74, 6) is 0.956. The molecule has 1 atom stereocenters. The summed E-state index contributed by atoms with van der Waals surface area (Å²) >= 11 is 0. The van der Waals surface area contributed by atoms with Crippen molar-refractivity contribution >= 4 is 10.9 Å². The standard InChI is InChI=1S/C15H17N7O2/c1-21-7-6-16-8-12(21)14-17-13(24-19-14)9-22-15(23)10-4-2-3-5-11(10)18-20-22/h2-5,12,16H,6-9H2,1H3. The Labute approximate surface area is 137 Å². The molecule has 1 aliphatic rings. The van der Waals surface area contributed by atoms with E-state index in [-0.39, 0.29) is 18.1 Å². The number of fused-ring (bicyclic) bond motifs is 1. The van der Waals surface area contributed by atoms with E-state index in [1.54, 1.807) is 18.2 Å². The number of nitrogens with one attached hydrogen (secondary N) is 1. The second-order valence-electron chi connectivity index (χ2n) is 5.82. The zero-order valence-corrected chi connectivity index (χ0v) is 13.2. The molecule has 1 saturated heterocycles. The van der Waals surface area contributed by atoms with Gasteiger partial charge in [-0.05, 0) is 19.2 Å². The molecule has 0 amide bonds. The van der Waals surface area contributed by atoms with E-state index >= 15 is 0 Å². The van der Waals surface area contributed by atoms with Crippen LogP contribution >= 0.6 is 0 Å². The van der Waals surface area contributed by atoms with E-state index in [4.69, 9.17) is 4.52 Å². The van der Waals surface area contributed by atoms with Crippen LogP contribution in [0.15, 0.2) is 33.6 Å². The Balaban J connectivity index is 1.60. The van der Waals surface area contributed by atoms with Crippen molar-refractivity contribution in [2.24, 2.45) is 0 Å². The van der Waals surface area contributed by atoms with Crippen LogP contribution in [0.1, 0.15) is 17.8 Å². The molecule has 0 bridgehead atoms. The highest BCUT2D eigenvalue weighted by Crippen LogP contribution is 2.17. The molecule has 1 aliphatic heterocycles. The van der Waals surface area contributed by atoms with Crippen molar-refractivity contribution in [2.75, 3.05) is 26.7 Å². The zero-order valence-electron chi connectivity index (χ0n) is 13.2. The SMILES string of the molecule is CN1CCNCC1c1noc(Cn2nnc3ccccc3c2=O)n1. The zero-order chi connectivity index (χ0) is 16.5. The molecule has 0 saturated carbocycles. The molecule has 24 heavy (non-hydrogen) atoms. The van der Waals surface area contributed by atoms with Gasteiger partial charge < -0.3 is 9.84 Å². The van der Waals surface area contributed by atoms with E-state index < -0.39 is 0 Å². The van der Waals surface area contributed by atoms with Crippen LogP contribution in [0.5, 0.6) is 0 Å². The number of hydrogen-bond acceptors (Lipinski definition) is 8. The highest BCUT2D eigenvalue weighted by atomic mass is 16.5. The second-order valence-corrected chi connectivity index (χ2v) is 5.82. The van der Waals surface area contributed by atoms with Gasteiger partial charge in [-0.3, -0.25) is 9.69 Å². The van der Waals surface area contributed by atoms with Gasteiger partial charge in [-0.2, -0.15) is 4.98 Å². The first-order valence-electron chi connectivity index (χ1n) is 7.78. The summed E-state index contributed by atoms with van der Waals surface area (Å²) < 4.78 is 6.53. The van der Waals surface area contributed by atoms with E-state index in [1.807, 2.05) is 13.1 Å². The summed E-state index contributed by atoms with van der Waals surface area (Å²) in [7, 11) is 2.03. The fourth-order valence-corrected chi connectivity index (χ4v) is 2.82. The largest absolute Gasteiger partial charge is 0.337 e. The monoisotopic (exact) mass is 327 g/mol. The number of piperazine rings is 1. The minimum Gasteiger partial charge on any atom is -0.337 e. The Kier molecular flexibility index (Phi) is 3.79. The van der Waals surface area contributed by atoms with Gasteiger partial charge >= 0.3 is 0 Å². The minimum atomic E-state index is -0.225. The molecular formula is C15H17N7O2. The molecule has 1 unspecified atom stereocenters. The van der Waals surface area contributed by atoms with Crippen LogP contribution in [-0.4, -0.2) is 56.7 Å². The maximum atomic E-state index is 12.4. The normalized spacial score (nSPS) is 19.0. The van der Waals surface area contributed by atoms with Crippen LogP contribution in [-0.2, 0) is 6.54 Å². The summed E-state index contributed by atoms with van der Waals surface area (Å²) in [4.78, 5) is 19.0. The van der Waals surface area contributed by atoms with E-state index in [1.165, 1.54) is 4.68 Å². The van der Waals surface area contributed by atoms with E-state index in [9.17, 15) is 4.79 Å². The van der Waals surface area contributed by atoms with Gasteiger partial charge in [0.1, 0.15) is 12.1 Å². The Hall–Kier alpha value is -2.65. The molecule has 124 valence electrons. The first-order valence-corrected chi connectivity index (χ1v) is 7.78.